The lowest BCUT2D eigenvalue weighted by molar-refractivity contribution is 0.592. The number of fused-ring (bicyclic) bond motifs is 1. The number of anilines is 1. The first-order valence-corrected chi connectivity index (χ1v) is 6.05. The van der Waals surface area contributed by atoms with Crippen molar-refractivity contribution in [2.45, 2.75) is 0 Å². The van der Waals surface area contributed by atoms with E-state index in [-0.39, 0.29) is 11.7 Å². The molecule has 0 saturated carbocycles. The van der Waals surface area contributed by atoms with E-state index >= 15 is 0 Å². The Labute approximate surface area is 111 Å². The van der Waals surface area contributed by atoms with E-state index in [0.29, 0.717) is 26.8 Å². The van der Waals surface area contributed by atoms with E-state index < -0.39 is 0 Å². The van der Waals surface area contributed by atoms with E-state index in [1.54, 1.807) is 30.3 Å². The summed E-state index contributed by atoms with van der Waals surface area (Å²) in [6, 6.07) is 9.75. The molecule has 3 aromatic rings. The number of oxazole rings is 1. The van der Waals surface area contributed by atoms with Gasteiger partial charge in [-0.1, -0.05) is 12.1 Å². The zero-order valence-electron chi connectivity index (χ0n) is 9.15. The number of nitrogen functional groups attached to an aromatic ring is 1. The quantitative estimate of drug-likeness (QED) is 0.692. The van der Waals surface area contributed by atoms with Gasteiger partial charge < -0.3 is 10.2 Å². The van der Waals surface area contributed by atoms with Gasteiger partial charge in [-0.3, -0.25) is 0 Å². The zero-order chi connectivity index (χ0) is 12.7. The van der Waals surface area contributed by atoms with Gasteiger partial charge in [-0.25, -0.2) is 9.37 Å². The molecule has 0 fully saturated rings. The van der Waals surface area contributed by atoms with E-state index in [9.17, 15) is 4.39 Å². The molecular weight excluding hydrogens is 299 g/mol. The van der Waals surface area contributed by atoms with Gasteiger partial charge in [-0.05, 0) is 40.2 Å². The Kier molecular flexibility index (Phi) is 2.56. The summed E-state index contributed by atoms with van der Waals surface area (Å²) in [5.74, 6) is -0.123. The highest BCUT2D eigenvalue weighted by atomic mass is 79.9. The highest BCUT2D eigenvalue weighted by molar-refractivity contribution is 9.10. The van der Waals surface area contributed by atoms with E-state index in [4.69, 9.17) is 10.2 Å². The number of halogens is 2. The first-order valence-electron chi connectivity index (χ1n) is 5.25. The highest BCUT2D eigenvalue weighted by Gasteiger charge is 2.14. The topological polar surface area (TPSA) is 52.0 Å². The maximum absolute atomic E-state index is 13.6. The minimum atomic E-state index is -0.367. The third-order valence-electron chi connectivity index (χ3n) is 2.57. The lowest BCUT2D eigenvalue weighted by atomic mass is 10.2. The second-order valence-corrected chi connectivity index (χ2v) is 4.70. The summed E-state index contributed by atoms with van der Waals surface area (Å²) >= 11 is 3.34. The molecule has 0 saturated heterocycles. The van der Waals surface area contributed by atoms with Crippen LogP contribution in [0.4, 0.5) is 10.1 Å². The zero-order valence-corrected chi connectivity index (χ0v) is 10.7. The molecule has 1 aromatic heterocycles. The van der Waals surface area contributed by atoms with Crippen LogP contribution in [0.25, 0.3) is 22.6 Å². The number of nitrogens with two attached hydrogens (primary N) is 1. The van der Waals surface area contributed by atoms with Crippen molar-refractivity contribution in [2.75, 3.05) is 5.73 Å². The number of nitrogens with zero attached hydrogens (tertiary/aromatic N) is 1. The normalized spacial score (nSPS) is 11.0. The molecule has 0 amide bonds. The van der Waals surface area contributed by atoms with Crippen molar-refractivity contribution in [1.82, 2.24) is 4.98 Å². The Hall–Kier alpha value is -1.88. The second-order valence-electron chi connectivity index (χ2n) is 3.85. The molecule has 0 aliphatic rings. The average Bonchev–Trinajstić information content (AvgIpc) is 2.73. The summed E-state index contributed by atoms with van der Waals surface area (Å²) in [6.07, 6.45) is 0. The molecule has 0 aliphatic carbocycles. The average molecular weight is 307 g/mol. The fourth-order valence-corrected chi connectivity index (χ4v) is 2.31. The maximum atomic E-state index is 13.6. The molecule has 0 aliphatic heterocycles. The van der Waals surface area contributed by atoms with E-state index in [0.717, 1.165) is 0 Å². The lowest BCUT2D eigenvalue weighted by Crippen LogP contribution is -1.84. The molecule has 5 heteroatoms. The van der Waals surface area contributed by atoms with Crippen LogP contribution in [0.2, 0.25) is 0 Å². The summed E-state index contributed by atoms with van der Waals surface area (Å²) in [4.78, 5) is 4.25. The van der Waals surface area contributed by atoms with Crippen molar-refractivity contribution in [1.29, 1.82) is 0 Å². The molecule has 0 atom stereocenters. The molecule has 3 nitrogen and oxygen atoms in total. The van der Waals surface area contributed by atoms with Crippen molar-refractivity contribution in [3.63, 3.8) is 0 Å². The maximum Gasteiger partial charge on any atom is 0.230 e. The van der Waals surface area contributed by atoms with E-state index in [1.807, 2.05) is 0 Å². The number of aromatic nitrogens is 1. The second kappa shape index (κ2) is 4.10. The molecule has 3 rings (SSSR count). The molecule has 0 unspecified atom stereocenters. The third kappa shape index (κ3) is 1.76. The lowest BCUT2D eigenvalue weighted by Gasteiger charge is -1.95. The van der Waals surface area contributed by atoms with Gasteiger partial charge in [-0.15, -0.1) is 0 Å². The number of hydrogen-bond donors (Lipinski definition) is 1. The van der Waals surface area contributed by atoms with Gasteiger partial charge >= 0.3 is 0 Å². The molecule has 90 valence electrons. The predicted molar refractivity (Wildman–Crippen MR) is 71.5 cm³/mol. The minimum Gasteiger partial charge on any atom is -0.435 e. The van der Waals surface area contributed by atoms with Crippen molar-refractivity contribution < 1.29 is 8.81 Å². The fourth-order valence-electron chi connectivity index (χ4n) is 1.76. The van der Waals surface area contributed by atoms with E-state index in [2.05, 4.69) is 20.9 Å². The molecule has 1 heterocycles. The molecule has 0 radical (unpaired) electrons. The Bertz CT molecular complexity index is 739. The summed E-state index contributed by atoms with van der Waals surface area (Å²) in [5, 5.41) is 0. The van der Waals surface area contributed by atoms with Crippen LogP contribution in [-0.2, 0) is 0 Å². The number of hydrogen-bond acceptors (Lipinski definition) is 3. The smallest absolute Gasteiger partial charge is 0.230 e. The van der Waals surface area contributed by atoms with Crippen LogP contribution < -0.4 is 5.73 Å². The van der Waals surface area contributed by atoms with Crippen LogP contribution in [0.1, 0.15) is 0 Å². The predicted octanol–water partition coefficient (Wildman–Crippen LogP) is 3.98. The molecule has 0 bridgehead atoms. The summed E-state index contributed by atoms with van der Waals surface area (Å²) in [7, 11) is 0. The highest BCUT2D eigenvalue weighted by Crippen LogP contribution is 2.32. The molecule has 2 aromatic carbocycles. The molecule has 2 N–H and O–H groups in total. The van der Waals surface area contributed by atoms with Crippen LogP contribution in [0.15, 0.2) is 45.3 Å². The van der Waals surface area contributed by atoms with Gasteiger partial charge in [0.05, 0.1) is 10.0 Å². The SMILES string of the molecule is Nc1cc(Br)c2oc(-c3ccccc3F)nc2c1. The van der Waals surface area contributed by atoms with Crippen molar-refractivity contribution >= 4 is 32.7 Å². The third-order valence-corrected chi connectivity index (χ3v) is 3.16. The summed E-state index contributed by atoms with van der Waals surface area (Å²) in [6.45, 7) is 0. The van der Waals surface area contributed by atoms with Crippen LogP contribution in [0.3, 0.4) is 0 Å². The van der Waals surface area contributed by atoms with Gasteiger partial charge in [0.1, 0.15) is 11.3 Å². The van der Waals surface area contributed by atoms with Crippen molar-refractivity contribution in [3.8, 4) is 11.5 Å². The minimum absolute atomic E-state index is 0.245. The van der Waals surface area contributed by atoms with Crippen LogP contribution in [0.5, 0.6) is 0 Å². The largest absolute Gasteiger partial charge is 0.435 e. The first-order chi connectivity index (χ1) is 8.65. The Balaban J connectivity index is 2.26. The van der Waals surface area contributed by atoms with Gasteiger partial charge in [0.15, 0.2) is 5.58 Å². The van der Waals surface area contributed by atoms with Gasteiger partial charge in [0, 0.05) is 5.69 Å². The molecular formula is C13H8BrFN2O. The number of benzene rings is 2. The fraction of sp³-hybridized carbons (Fsp3) is 0. The van der Waals surface area contributed by atoms with E-state index in [1.165, 1.54) is 6.07 Å². The van der Waals surface area contributed by atoms with Gasteiger partial charge in [0.25, 0.3) is 0 Å². The van der Waals surface area contributed by atoms with Crippen LogP contribution in [0, 0.1) is 5.82 Å². The van der Waals surface area contributed by atoms with Crippen molar-refractivity contribution in [2.24, 2.45) is 0 Å². The van der Waals surface area contributed by atoms with Crippen LogP contribution >= 0.6 is 15.9 Å². The number of rotatable bonds is 1. The van der Waals surface area contributed by atoms with Crippen molar-refractivity contribution in [3.05, 3.63) is 46.7 Å². The van der Waals surface area contributed by atoms with Gasteiger partial charge in [-0.2, -0.15) is 0 Å². The summed E-state index contributed by atoms with van der Waals surface area (Å²) < 4.78 is 19.9. The van der Waals surface area contributed by atoms with Gasteiger partial charge in [0.2, 0.25) is 5.89 Å². The molecule has 18 heavy (non-hydrogen) atoms. The Morgan fingerprint density at radius 1 is 1.22 bits per heavy atom. The Morgan fingerprint density at radius 2 is 2.00 bits per heavy atom. The summed E-state index contributed by atoms with van der Waals surface area (Å²) in [5.41, 5.74) is 7.78. The standard InChI is InChI=1S/C13H8BrFN2O/c14-9-5-7(16)6-11-12(9)18-13(17-11)8-3-1-2-4-10(8)15/h1-6H,16H2. The Morgan fingerprint density at radius 3 is 2.78 bits per heavy atom. The first kappa shape index (κ1) is 11.2. The van der Waals surface area contributed by atoms with Crippen LogP contribution in [-0.4, -0.2) is 4.98 Å². The monoisotopic (exact) mass is 306 g/mol. The molecule has 0 spiro atoms.